The van der Waals surface area contributed by atoms with E-state index in [0.29, 0.717) is 12.8 Å². The first kappa shape index (κ1) is 24.3. The molecule has 2 N–H and O–H groups in total. The third-order valence-electron chi connectivity index (χ3n) is 7.82. The molecule has 2 aliphatic heterocycles. The molecule has 0 bridgehead atoms. The van der Waals surface area contributed by atoms with E-state index in [1.54, 1.807) is 0 Å². The lowest BCUT2D eigenvalue weighted by molar-refractivity contribution is 0.134. The van der Waals surface area contributed by atoms with E-state index in [4.69, 9.17) is 4.74 Å². The van der Waals surface area contributed by atoms with E-state index in [0.717, 1.165) is 12.2 Å². The summed E-state index contributed by atoms with van der Waals surface area (Å²) in [5.74, 6) is 7.22. The predicted octanol–water partition coefficient (Wildman–Crippen LogP) is 4.69. The molecule has 4 nitrogen and oxygen atoms in total. The molecule has 1 aliphatic carbocycles. The van der Waals surface area contributed by atoms with Crippen LogP contribution in [0.2, 0.25) is 0 Å². The minimum absolute atomic E-state index is 0.0234. The number of aryl methyl sites for hydroxylation is 1. The second-order valence-electron chi connectivity index (χ2n) is 10.2. The van der Waals surface area contributed by atoms with Crippen molar-refractivity contribution in [3.8, 4) is 17.6 Å². The summed E-state index contributed by atoms with van der Waals surface area (Å²) in [6, 6.07) is 6.53. The molecular formula is C29H41NO3. The zero-order valence-electron chi connectivity index (χ0n) is 20.4. The standard InChI is InChI=1S/C29H41NO3/c1-3-4-11-21(2)25(31)16-15-23-26(32)20-27-28(23)24-14-10-13-22(29(24)33-27)12-6-9-19-30-17-7-5-8-18-30/h10,13-16,21,23,25-28,31-32H,5-9,11-12,17-20H2,1-2H3/t21-,23-,25+,26+,27-,28-/m0/s1. The quantitative estimate of drug-likeness (QED) is 0.325. The number of unbranched alkanes of at least 4 members (excludes halogenated alkanes) is 1. The molecule has 1 saturated heterocycles. The third-order valence-corrected chi connectivity index (χ3v) is 7.82. The molecule has 0 amide bonds. The van der Waals surface area contributed by atoms with E-state index in [2.05, 4.69) is 34.9 Å². The van der Waals surface area contributed by atoms with E-state index in [1.165, 1.54) is 62.9 Å². The summed E-state index contributed by atoms with van der Waals surface area (Å²) in [5.41, 5.74) is 2.55. The van der Waals surface area contributed by atoms with Gasteiger partial charge in [0.15, 0.2) is 0 Å². The zero-order chi connectivity index (χ0) is 23.2. The Bertz CT molecular complexity index is 863. The van der Waals surface area contributed by atoms with Crippen LogP contribution in [-0.2, 0) is 6.42 Å². The summed E-state index contributed by atoms with van der Waals surface area (Å²) >= 11 is 0. The average Bonchev–Trinajstić information content (AvgIpc) is 3.34. The molecule has 2 fully saturated rings. The van der Waals surface area contributed by atoms with Gasteiger partial charge in [-0.25, -0.2) is 0 Å². The maximum absolute atomic E-state index is 10.7. The molecule has 1 saturated carbocycles. The van der Waals surface area contributed by atoms with Crippen LogP contribution in [0.1, 0.15) is 75.8 Å². The largest absolute Gasteiger partial charge is 0.489 e. The van der Waals surface area contributed by atoms with E-state index in [9.17, 15) is 10.2 Å². The summed E-state index contributed by atoms with van der Waals surface area (Å²) in [4.78, 5) is 2.61. The first-order valence-electron chi connectivity index (χ1n) is 13.0. The predicted molar refractivity (Wildman–Crippen MR) is 133 cm³/mol. The second-order valence-corrected chi connectivity index (χ2v) is 10.2. The lowest BCUT2D eigenvalue weighted by Gasteiger charge is -2.26. The van der Waals surface area contributed by atoms with Gasteiger partial charge in [-0.1, -0.05) is 43.7 Å². The maximum atomic E-state index is 10.7. The fourth-order valence-electron chi connectivity index (χ4n) is 5.81. The van der Waals surface area contributed by atoms with Crippen LogP contribution in [0, 0.1) is 23.7 Å². The van der Waals surface area contributed by atoms with Gasteiger partial charge in [0, 0.05) is 30.2 Å². The molecule has 6 atom stereocenters. The van der Waals surface area contributed by atoms with Crippen LogP contribution in [0.25, 0.3) is 0 Å². The summed E-state index contributed by atoms with van der Waals surface area (Å²) in [6.45, 7) is 7.59. The normalized spacial score (nSPS) is 28.6. The summed E-state index contributed by atoms with van der Waals surface area (Å²) in [6.07, 6.45) is 11.8. The number of hydrogen-bond donors (Lipinski definition) is 2. The topological polar surface area (TPSA) is 52.9 Å². The van der Waals surface area contributed by atoms with Crippen molar-refractivity contribution in [2.45, 2.75) is 89.4 Å². The monoisotopic (exact) mass is 451 g/mol. The van der Waals surface area contributed by atoms with E-state index < -0.39 is 12.2 Å². The zero-order valence-corrected chi connectivity index (χ0v) is 20.4. The van der Waals surface area contributed by atoms with Crippen LogP contribution < -0.4 is 4.74 Å². The van der Waals surface area contributed by atoms with Crippen molar-refractivity contribution in [2.75, 3.05) is 19.6 Å². The van der Waals surface area contributed by atoms with Crippen LogP contribution in [0.5, 0.6) is 5.75 Å². The number of fused-ring (bicyclic) bond motifs is 3. The molecule has 180 valence electrons. The number of nitrogens with zero attached hydrogens (tertiary/aromatic N) is 1. The first-order valence-corrected chi connectivity index (χ1v) is 13.0. The fraction of sp³-hybridized carbons (Fsp3) is 0.655. The van der Waals surface area contributed by atoms with Crippen LogP contribution >= 0.6 is 0 Å². The van der Waals surface area contributed by atoms with Gasteiger partial charge in [-0.3, -0.25) is 0 Å². The maximum Gasteiger partial charge on any atom is 0.126 e. The molecule has 3 aliphatic rings. The van der Waals surface area contributed by atoms with E-state index in [-0.39, 0.29) is 23.9 Å². The van der Waals surface area contributed by atoms with Crippen molar-refractivity contribution >= 4 is 0 Å². The van der Waals surface area contributed by atoms with Gasteiger partial charge in [0.05, 0.1) is 12.2 Å². The Kier molecular flexibility index (Phi) is 8.52. The van der Waals surface area contributed by atoms with Crippen molar-refractivity contribution in [1.82, 2.24) is 4.90 Å². The Morgan fingerprint density at radius 3 is 2.82 bits per heavy atom. The lowest BCUT2D eigenvalue weighted by Crippen LogP contribution is -2.30. The average molecular weight is 452 g/mol. The lowest BCUT2D eigenvalue weighted by atomic mass is 9.86. The number of rotatable bonds is 9. The van der Waals surface area contributed by atoms with Gasteiger partial charge in [0.2, 0.25) is 0 Å². The molecule has 4 heteroatoms. The van der Waals surface area contributed by atoms with Crippen LogP contribution in [0.4, 0.5) is 0 Å². The van der Waals surface area contributed by atoms with Gasteiger partial charge < -0.3 is 19.8 Å². The molecule has 4 rings (SSSR count). The number of para-hydroxylation sites is 1. The van der Waals surface area contributed by atoms with Crippen LogP contribution in [0.15, 0.2) is 30.4 Å². The highest BCUT2D eigenvalue weighted by atomic mass is 16.5. The van der Waals surface area contributed by atoms with Gasteiger partial charge in [-0.15, -0.1) is 11.8 Å². The van der Waals surface area contributed by atoms with Gasteiger partial charge >= 0.3 is 0 Å². The van der Waals surface area contributed by atoms with Crippen molar-refractivity contribution in [3.05, 3.63) is 41.5 Å². The molecule has 0 unspecified atom stereocenters. The SMILES string of the molecule is CC#CC[C@H](C)[C@H](O)C=C[C@@H]1[C@H]2c3cccc(CCCCN4CCCCC4)c3O[C@H]2C[C@H]1O. The Hall–Kier alpha value is -1.80. The highest BCUT2D eigenvalue weighted by molar-refractivity contribution is 5.49. The molecule has 0 spiro atoms. The van der Waals surface area contributed by atoms with Crippen LogP contribution in [-0.4, -0.2) is 53.1 Å². The van der Waals surface area contributed by atoms with E-state index >= 15 is 0 Å². The number of aliphatic hydroxyl groups excluding tert-OH is 2. The summed E-state index contributed by atoms with van der Waals surface area (Å²) < 4.78 is 6.43. The Balaban J connectivity index is 1.38. The Morgan fingerprint density at radius 2 is 2.03 bits per heavy atom. The third kappa shape index (κ3) is 5.83. The first-order chi connectivity index (χ1) is 16.1. The molecule has 1 aromatic carbocycles. The van der Waals surface area contributed by atoms with Gasteiger partial charge in [0.1, 0.15) is 11.9 Å². The smallest absolute Gasteiger partial charge is 0.126 e. The van der Waals surface area contributed by atoms with Crippen molar-refractivity contribution < 1.29 is 14.9 Å². The number of ether oxygens (including phenoxy) is 1. The molecular weight excluding hydrogens is 410 g/mol. The highest BCUT2D eigenvalue weighted by Crippen LogP contribution is 2.52. The Morgan fingerprint density at radius 1 is 1.21 bits per heavy atom. The van der Waals surface area contributed by atoms with E-state index in [1.807, 2.05) is 26.0 Å². The minimum atomic E-state index is -0.551. The van der Waals surface area contributed by atoms with Gasteiger partial charge in [-0.05, 0) is 70.1 Å². The second kappa shape index (κ2) is 11.6. The number of aliphatic hydroxyl groups is 2. The number of piperidine rings is 1. The number of benzene rings is 1. The van der Waals surface area contributed by atoms with Crippen LogP contribution in [0.3, 0.4) is 0 Å². The molecule has 0 radical (unpaired) electrons. The molecule has 0 aromatic heterocycles. The molecule has 1 aromatic rings. The number of hydrogen-bond acceptors (Lipinski definition) is 4. The molecule has 2 heterocycles. The Labute approximate surface area is 200 Å². The van der Waals surface area contributed by atoms with Crippen molar-refractivity contribution in [2.24, 2.45) is 11.8 Å². The van der Waals surface area contributed by atoms with Crippen molar-refractivity contribution in [3.63, 3.8) is 0 Å². The highest BCUT2D eigenvalue weighted by Gasteiger charge is 2.48. The molecule has 33 heavy (non-hydrogen) atoms. The summed E-state index contributed by atoms with van der Waals surface area (Å²) in [7, 11) is 0. The van der Waals surface area contributed by atoms with Crippen molar-refractivity contribution in [1.29, 1.82) is 0 Å². The summed E-state index contributed by atoms with van der Waals surface area (Å²) in [5, 5.41) is 21.3. The number of likely N-dealkylation sites (tertiary alicyclic amines) is 1. The van der Waals surface area contributed by atoms with Gasteiger partial charge in [0.25, 0.3) is 0 Å². The minimum Gasteiger partial charge on any atom is -0.489 e. The van der Waals surface area contributed by atoms with Gasteiger partial charge in [-0.2, -0.15) is 0 Å². The fourth-order valence-corrected chi connectivity index (χ4v) is 5.81.